The van der Waals surface area contributed by atoms with Crippen molar-refractivity contribution >= 4 is 6.08 Å². The van der Waals surface area contributed by atoms with Gasteiger partial charge in [0.15, 0.2) is 17.5 Å². The third kappa shape index (κ3) is 8.76. The van der Waals surface area contributed by atoms with Gasteiger partial charge in [0.25, 0.3) is 0 Å². The summed E-state index contributed by atoms with van der Waals surface area (Å²) >= 11 is 0. The number of unbranched alkanes of at least 4 members (excludes halogenated alkanes) is 2. The van der Waals surface area contributed by atoms with Gasteiger partial charge in [0.2, 0.25) is 0 Å². The van der Waals surface area contributed by atoms with E-state index < -0.39 is 52.3 Å². The molecule has 0 aromatic heterocycles. The number of hydrogen-bond acceptors (Lipinski definition) is 1. The molecular weight excluding hydrogens is 624 g/mol. The Labute approximate surface area is 271 Å². The van der Waals surface area contributed by atoms with Gasteiger partial charge in [0.05, 0.1) is 0 Å². The molecule has 0 unspecified atom stereocenters. The van der Waals surface area contributed by atoms with Crippen molar-refractivity contribution in [2.45, 2.75) is 96.0 Å². The highest BCUT2D eigenvalue weighted by molar-refractivity contribution is 5.65. The quantitative estimate of drug-likeness (QED) is 0.113. The largest absolute Gasteiger partial charge is 0.429 e. The lowest BCUT2D eigenvalue weighted by Gasteiger charge is -2.38. The van der Waals surface area contributed by atoms with Gasteiger partial charge in [-0.15, -0.1) is 0 Å². The first kappa shape index (κ1) is 35.0. The molecule has 0 amide bonds. The Kier molecular flexibility index (Phi) is 11.3. The van der Waals surface area contributed by atoms with Gasteiger partial charge >= 0.3 is 6.11 Å². The molecule has 2 aliphatic rings. The summed E-state index contributed by atoms with van der Waals surface area (Å²) in [5.74, 6) is -6.36. The maximum atomic E-state index is 15.0. The standard InChI is InChI=1S/C38H40F8O/c1-2-3-4-5-23-6-8-24(9-7-23)25-10-12-26(13-11-25)27-18-32(39)31(33(40)19-27)16-17-38(45,46)47-29-14-15-30(34(41)22-29)28-20-35(42)37(44)36(43)21-28/h14-26H,2-13H2,1H3. The highest BCUT2D eigenvalue weighted by Gasteiger charge is 2.32. The Morgan fingerprint density at radius 3 is 1.87 bits per heavy atom. The van der Waals surface area contributed by atoms with Gasteiger partial charge in [0.1, 0.15) is 23.2 Å². The molecule has 0 spiro atoms. The molecule has 0 N–H and O–H groups in total. The van der Waals surface area contributed by atoms with E-state index in [2.05, 4.69) is 11.7 Å². The van der Waals surface area contributed by atoms with E-state index in [4.69, 9.17) is 0 Å². The van der Waals surface area contributed by atoms with Crippen LogP contribution >= 0.6 is 0 Å². The van der Waals surface area contributed by atoms with E-state index in [0.717, 1.165) is 49.7 Å². The van der Waals surface area contributed by atoms with E-state index in [1.807, 2.05) is 0 Å². The molecule has 0 saturated heterocycles. The summed E-state index contributed by atoms with van der Waals surface area (Å²) in [5, 5.41) is 0. The van der Waals surface area contributed by atoms with Gasteiger partial charge in [-0.3, -0.25) is 0 Å². The molecule has 0 heterocycles. The number of rotatable bonds is 11. The number of alkyl halides is 2. The molecule has 2 aliphatic carbocycles. The van der Waals surface area contributed by atoms with Crippen LogP contribution < -0.4 is 4.74 Å². The second kappa shape index (κ2) is 15.2. The maximum absolute atomic E-state index is 15.0. The second-order valence-corrected chi connectivity index (χ2v) is 13.2. The first-order valence-corrected chi connectivity index (χ1v) is 16.6. The summed E-state index contributed by atoms with van der Waals surface area (Å²) in [5.41, 5.74) is -0.861. The fraction of sp³-hybridized carbons (Fsp3) is 0.474. The van der Waals surface area contributed by atoms with Gasteiger partial charge in [-0.25, -0.2) is 26.3 Å². The monoisotopic (exact) mass is 664 g/mol. The van der Waals surface area contributed by atoms with Crippen molar-refractivity contribution in [2.24, 2.45) is 17.8 Å². The topological polar surface area (TPSA) is 9.23 Å². The predicted octanol–water partition coefficient (Wildman–Crippen LogP) is 12.5. The van der Waals surface area contributed by atoms with Crippen LogP contribution in [0.15, 0.2) is 48.5 Å². The summed E-state index contributed by atoms with van der Waals surface area (Å²) in [7, 11) is 0. The lowest BCUT2D eigenvalue weighted by molar-refractivity contribution is -0.131. The SMILES string of the molecule is CCCCCC1CCC(C2CCC(c3cc(F)c(C=CC(F)(F)Oc4ccc(-c5cc(F)c(F)c(F)c5)c(F)c4)c(F)c3)CC2)CC1. The molecule has 3 aromatic rings. The van der Waals surface area contributed by atoms with Crippen LogP contribution in [0.2, 0.25) is 0 Å². The van der Waals surface area contributed by atoms with Crippen molar-refractivity contribution in [3.8, 4) is 16.9 Å². The molecular formula is C38H40F8O. The van der Waals surface area contributed by atoms with Crippen molar-refractivity contribution in [1.29, 1.82) is 0 Å². The smallest absolute Gasteiger partial charge is 0.419 e. The normalized spacial score (nSPS) is 22.1. The Morgan fingerprint density at radius 2 is 1.30 bits per heavy atom. The average Bonchev–Trinajstić information content (AvgIpc) is 3.03. The van der Waals surface area contributed by atoms with Gasteiger partial charge < -0.3 is 4.74 Å². The van der Waals surface area contributed by atoms with Gasteiger partial charge in [0, 0.05) is 23.3 Å². The molecule has 2 fully saturated rings. The number of hydrogen-bond donors (Lipinski definition) is 0. The van der Waals surface area contributed by atoms with Crippen molar-refractivity contribution in [3.05, 3.63) is 94.6 Å². The van der Waals surface area contributed by atoms with Crippen LogP contribution in [0.5, 0.6) is 5.75 Å². The zero-order valence-electron chi connectivity index (χ0n) is 26.4. The number of benzene rings is 3. The first-order chi connectivity index (χ1) is 22.4. The Balaban J connectivity index is 1.17. The van der Waals surface area contributed by atoms with Crippen LogP contribution in [0.25, 0.3) is 17.2 Å². The molecule has 0 aliphatic heterocycles. The molecule has 0 atom stereocenters. The fourth-order valence-corrected chi connectivity index (χ4v) is 7.43. The lowest BCUT2D eigenvalue weighted by Crippen LogP contribution is -2.25. The second-order valence-electron chi connectivity index (χ2n) is 13.2. The van der Waals surface area contributed by atoms with Crippen molar-refractivity contribution < 1.29 is 39.9 Å². The third-order valence-corrected chi connectivity index (χ3v) is 10.1. The highest BCUT2D eigenvalue weighted by Crippen LogP contribution is 2.45. The van der Waals surface area contributed by atoms with Crippen LogP contribution in [0.1, 0.15) is 101 Å². The summed E-state index contributed by atoms with van der Waals surface area (Å²) in [6, 6.07) is 5.96. The van der Waals surface area contributed by atoms with Crippen LogP contribution in [-0.2, 0) is 0 Å². The van der Waals surface area contributed by atoms with Gasteiger partial charge in [-0.1, -0.05) is 45.4 Å². The minimum atomic E-state index is -4.09. The summed E-state index contributed by atoms with van der Waals surface area (Å²) < 4.78 is 119. The van der Waals surface area contributed by atoms with E-state index in [0.29, 0.717) is 35.8 Å². The lowest BCUT2D eigenvalue weighted by atomic mass is 9.68. The summed E-state index contributed by atoms with van der Waals surface area (Å²) in [4.78, 5) is 0. The fourth-order valence-electron chi connectivity index (χ4n) is 7.43. The Bertz CT molecular complexity index is 1510. The average molecular weight is 665 g/mol. The van der Waals surface area contributed by atoms with E-state index in [1.165, 1.54) is 63.5 Å². The van der Waals surface area contributed by atoms with E-state index >= 15 is 8.78 Å². The maximum Gasteiger partial charge on any atom is 0.419 e. The molecule has 9 heteroatoms. The number of ether oxygens (including phenoxy) is 1. The van der Waals surface area contributed by atoms with E-state index in [1.54, 1.807) is 0 Å². The molecule has 0 radical (unpaired) electrons. The minimum absolute atomic E-state index is 0.00389. The van der Waals surface area contributed by atoms with Gasteiger partial charge in [-0.05, 0) is 116 Å². The molecule has 47 heavy (non-hydrogen) atoms. The Morgan fingerprint density at radius 1 is 0.702 bits per heavy atom. The van der Waals surface area contributed by atoms with Crippen LogP contribution in [-0.4, -0.2) is 6.11 Å². The summed E-state index contributed by atoms with van der Waals surface area (Å²) in [6.07, 6.45) is 10.7. The third-order valence-electron chi connectivity index (χ3n) is 10.1. The Hall–Kier alpha value is -3.36. The molecule has 3 aromatic carbocycles. The van der Waals surface area contributed by atoms with Crippen molar-refractivity contribution in [1.82, 2.24) is 0 Å². The minimum Gasteiger partial charge on any atom is -0.429 e. The van der Waals surface area contributed by atoms with Crippen molar-refractivity contribution in [3.63, 3.8) is 0 Å². The number of halogens is 8. The van der Waals surface area contributed by atoms with Crippen LogP contribution in [0, 0.1) is 52.7 Å². The predicted molar refractivity (Wildman–Crippen MR) is 167 cm³/mol. The first-order valence-electron chi connectivity index (χ1n) is 16.6. The molecule has 2 saturated carbocycles. The molecule has 5 rings (SSSR count). The summed E-state index contributed by atoms with van der Waals surface area (Å²) in [6.45, 7) is 2.23. The van der Waals surface area contributed by atoms with Crippen molar-refractivity contribution in [2.75, 3.05) is 0 Å². The zero-order valence-corrected chi connectivity index (χ0v) is 26.4. The molecule has 0 bridgehead atoms. The van der Waals surface area contributed by atoms with Crippen LogP contribution in [0.4, 0.5) is 35.1 Å². The van der Waals surface area contributed by atoms with E-state index in [9.17, 15) is 26.3 Å². The van der Waals surface area contributed by atoms with Gasteiger partial charge in [-0.2, -0.15) is 8.78 Å². The molecule has 1 nitrogen and oxygen atoms in total. The van der Waals surface area contributed by atoms with Crippen LogP contribution in [0.3, 0.4) is 0 Å². The molecule has 254 valence electrons. The zero-order chi connectivity index (χ0) is 33.7. The van der Waals surface area contributed by atoms with E-state index in [-0.39, 0.29) is 23.1 Å². The highest BCUT2D eigenvalue weighted by atomic mass is 19.3.